The van der Waals surface area contributed by atoms with Crippen LogP contribution in [0.3, 0.4) is 0 Å². The van der Waals surface area contributed by atoms with Crippen molar-refractivity contribution in [2.75, 3.05) is 13.1 Å². The molecule has 1 aliphatic rings. The molecule has 1 aliphatic heterocycles. The molecule has 0 atom stereocenters. The minimum absolute atomic E-state index is 0.0333. The molecule has 0 radical (unpaired) electrons. The molecular weight excluding hydrogens is 360 g/mol. The number of carbonyl (C=O) groups is 1. The number of imidazole rings is 1. The minimum atomic E-state index is 0.0333. The molecule has 1 fully saturated rings. The molecule has 140 valence electrons. The van der Waals surface area contributed by atoms with Gasteiger partial charge in [-0.1, -0.05) is 41.9 Å². The lowest BCUT2D eigenvalue weighted by atomic mass is 10.0. The van der Waals surface area contributed by atoms with Gasteiger partial charge in [0.05, 0.1) is 17.1 Å². The van der Waals surface area contributed by atoms with Gasteiger partial charge >= 0.3 is 0 Å². The largest absolute Gasteiger partial charge is 0.353 e. The second kappa shape index (κ2) is 8.11. The number of amides is 1. The summed E-state index contributed by atoms with van der Waals surface area (Å²) in [6, 6.07) is 14.4. The molecule has 0 unspecified atom stereocenters. The third kappa shape index (κ3) is 4.67. The summed E-state index contributed by atoms with van der Waals surface area (Å²) in [5.74, 6) is 0.0333. The van der Waals surface area contributed by atoms with Crippen LogP contribution in [0.15, 0.2) is 54.9 Å². The number of piperidine rings is 1. The number of pyridine rings is 1. The minimum Gasteiger partial charge on any atom is -0.353 e. The van der Waals surface area contributed by atoms with Crippen molar-refractivity contribution in [3.8, 4) is 0 Å². The third-order valence-electron chi connectivity index (χ3n) is 5.01. The highest BCUT2D eigenvalue weighted by molar-refractivity contribution is 6.30. The molecule has 27 heavy (non-hydrogen) atoms. The van der Waals surface area contributed by atoms with E-state index in [2.05, 4.69) is 39.5 Å². The maximum Gasteiger partial charge on any atom is 0.226 e. The van der Waals surface area contributed by atoms with Gasteiger partial charge in [-0.3, -0.25) is 9.69 Å². The topological polar surface area (TPSA) is 49.6 Å². The Balaban J connectivity index is 1.26. The van der Waals surface area contributed by atoms with Gasteiger partial charge in [0, 0.05) is 38.1 Å². The van der Waals surface area contributed by atoms with Crippen molar-refractivity contribution in [2.24, 2.45) is 0 Å². The van der Waals surface area contributed by atoms with Crippen molar-refractivity contribution in [3.05, 3.63) is 71.1 Å². The Morgan fingerprint density at radius 2 is 1.89 bits per heavy atom. The van der Waals surface area contributed by atoms with E-state index in [1.165, 1.54) is 5.56 Å². The first-order valence-electron chi connectivity index (χ1n) is 9.34. The molecule has 0 bridgehead atoms. The molecule has 1 N–H and O–H groups in total. The lowest BCUT2D eigenvalue weighted by Crippen LogP contribution is -2.44. The summed E-state index contributed by atoms with van der Waals surface area (Å²) in [6.45, 7) is 2.99. The second-order valence-corrected chi connectivity index (χ2v) is 7.56. The number of benzene rings is 1. The molecule has 6 heteroatoms. The zero-order chi connectivity index (χ0) is 18.6. The van der Waals surface area contributed by atoms with E-state index >= 15 is 0 Å². The molecule has 0 spiro atoms. The Hall–Kier alpha value is -2.37. The highest BCUT2D eigenvalue weighted by atomic mass is 35.5. The van der Waals surface area contributed by atoms with Gasteiger partial charge in [-0.15, -0.1) is 0 Å². The molecule has 3 aromatic rings. The van der Waals surface area contributed by atoms with Gasteiger partial charge in [0.1, 0.15) is 5.65 Å². The Bertz CT molecular complexity index is 916. The number of carbonyl (C=O) groups excluding carboxylic acids is 1. The molecule has 1 saturated heterocycles. The molecule has 4 rings (SSSR count). The Kier molecular flexibility index (Phi) is 5.41. The smallest absolute Gasteiger partial charge is 0.226 e. The molecule has 2 aromatic heterocycles. The van der Waals surface area contributed by atoms with E-state index in [9.17, 15) is 4.79 Å². The summed E-state index contributed by atoms with van der Waals surface area (Å²) >= 11 is 5.99. The Morgan fingerprint density at radius 1 is 1.11 bits per heavy atom. The van der Waals surface area contributed by atoms with Gasteiger partial charge in [0.15, 0.2) is 0 Å². The highest BCUT2D eigenvalue weighted by Gasteiger charge is 2.21. The van der Waals surface area contributed by atoms with Crippen LogP contribution in [-0.4, -0.2) is 39.3 Å². The number of aromatic nitrogens is 2. The summed E-state index contributed by atoms with van der Waals surface area (Å²) < 4.78 is 1.85. The first-order chi connectivity index (χ1) is 13.2. The number of rotatable bonds is 5. The number of fused-ring (bicyclic) bond motifs is 1. The first-order valence-corrected chi connectivity index (χ1v) is 9.72. The molecular formula is C21H23ClN4O. The van der Waals surface area contributed by atoms with Crippen LogP contribution in [0.4, 0.5) is 0 Å². The van der Waals surface area contributed by atoms with E-state index in [4.69, 9.17) is 11.6 Å². The fraction of sp³-hybridized carbons (Fsp3) is 0.333. The van der Waals surface area contributed by atoms with Crippen LogP contribution in [0.25, 0.3) is 5.65 Å². The number of halogens is 1. The Morgan fingerprint density at radius 3 is 2.67 bits per heavy atom. The van der Waals surface area contributed by atoms with Crippen LogP contribution in [0.5, 0.6) is 0 Å². The van der Waals surface area contributed by atoms with Crippen LogP contribution in [-0.2, 0) is 17.8 Å². The van der Waals surface area contributed by atoms with Crippen LogP contribution in [0.2, 0.25) is 5.02 Å². The van der Waals surface area contributed by atoms with Crippen molar-refractivity contribution >= 4 is 23.2 Å². The van der Waals surface area contributed by atoms with Crippen LogP contribution in [0.1, 0.15) is 24.1 Å². The van der Waals surface area contributed by atoms with Crippen LogP contribution < -0.4 is 5.32 Å². The molecule has 0 saturated carbocycles. The lowest BCUT2D eigenvalue weighted by molar-refractivity contribution is -0.121. The maximum absolute atomic E-state index is 12.4. The van der Waals surface area contributed by atoms with Crippen molar-refractivity contribution in [3.63, 3.8) is 0 Å². The highest BCUT2D eigenvalue weighted by Crippen LogP contribution is 2.15. The van der Waals surface area contributed by atoms with Gasteiger partial charge in [0.2, 0.25) is 5.91 Å². The third-order valence-corrected chi connectivity index (χ3v) is 5.23. The fourth-order valence-electron chi connectivity index (χ4n) is 3.62. The lowest BCUT2D eigenvalue weighted by Gasteiger charge is -2.32. The van der Waals surface area contributed by atoms with E-state index in [0.717, 1.165) is 43.8 Å². The van der Waals surface area contributed by atoms with E-state index in [1.54, 1.807) is 12.3 Å². The number of nitrogens with zero attached hydrogens (tertiary/aromatic N) is 3. The molecule has 1 amide bonds. The predicted octanol–water partition coefficient (Wildman–Crippen LogP) is 3.31. The zero-order valence-corrected chi connectivity index (χ0v) is 15.9. The van der Waals surface area contributed by atoms with Gasteiger partial charge in [-0.05, 0) is 30.5 Å². The normalized spacial score (nSPS) is 15.9. The average Bonchev–Trinajstić information content (AvgIpc) is 3.05. The summed E-state index contributed by atoms with van der Waals surface area (Å²) in [5, 5.41) is 3.82. The van der Waals surface area contributed by atoms with Gasteiger partial charge in [-0.25, -0.2) is 4.98 Å². The van der Waals surface area contributed by atoms with E-state index < -0.39 is 0 Å². The quantitative estimate of drug-likeness (QED) is 0.736. The summed E-state index contributed by atoms with van der Waals surface area (Å²) in [6.07, 6.45) is 5.93. The maximum atomic E-state index is 12.4. The number of likely N-dealkylation sites (tertiary alicyclic amines) is 1. The SMILES string of the molecule is O=C(Cc1cn2cc(Cl)ccc2n1)NC1CCN(Cc2ccccc2)CC1. The second-order valence-electron chi connectivity index (χ2n) is 7.13. The fourth-order valence-corrected chi connectivity index (χ4v) is 3.79. The van der Waals surface area contributed by atoms with Gasteiger partial charge in [-0.2, -0.15) is 0 Å². The van der Waals surface area contributed by atoms with Gasteiger partial charge in [0.25, 0.3) is 0 Å². The number of hydrogen-bond donors (Lipinski definition) is 1. The Labute approximate surface area is 164 Å². The van der Waals surface area contributed by atoms with Crippen molar-refractivity contribution in [1.29, 1.82) is 0 Å². The standard InChI is InChI=1S/C21H23ClN4O/c22-17-6-7-20-23-19(15-26(20)14-17)12-21(27)24-18-8-10-25(11-9-18)13-16-4-2-1-3-5-16/h1-7,14-15,18H,8-13H2,(H,24,27). The average molecular weight is 383 g/mol. The first kappa shape index (κ1) is 18.0. The van der Waals surface area contributed by atoms with Crippen molar-refractivity contribution in [2.45, 2.75) is 31.8 Å². The van der Waals surface area contributed by atoms with Crippen LogP contribution in [0, 0.1) is 0 Å². The summed E-state index contributed by atoms with van der Waals surface area (Å²) in [7, 11) is 0. The zero-order valence-electron chi connectivity index (χ0n) is 15.1. The monoisotopic (exact) mass is 382 g/mol. The van der Waals surface area contributed by atoms with Crippen molar-refractivity contribution < 1.29 is 4.79 Å². The molecule has 0 aliphatic carbocycles. The molecule has 3 heterocycles. The molecule has 1 aromatic carbocycles. The van der Waals surface area contributed by atoms with Crippen molar-refractivity contribution in [1.82, 2.24) is 19.6 Å². The van der Waals surface area contributed by atoms with E-state index in [0.29, 0.717) is 11.4 Å². The number of hydrogen-bond acceptors (Lipinski definition) is 3. The van der Waals surface area contributed by atoms with Crippen LogP contribution >= 0.6 is 11.6 Å². The molecule has 5 nitrogen and oxygen atoms in total. The van der Waals surface area contributed by atoms with Gasteiger partial charge < -0.3 is 9.72 Å². The summed E-state index contributed by atoms with van der Waals surface area (Å²) in [4.78, 5) is 19.3. The van der Waals surface area contributed by atoms with E-state index in [1.807, 2.05) is 22.7 Å². The van der Waals surface area contributed by atoms with E-state index in [-0.39, 0.29) is 11.9 Å². The number of nitrogens with one attached hydrogen (secondary N) is 1. The predicted molar refractivity (Wildman–Crippen MR) is 107 cm³/mol. The summed E-state index contributed by atoms with van der Waals surface area (Å²) in [5.41, 5.74) is 2.90.